The summed E-state index contributed by atoms with van der Waals surface area (Å²) in [5.41, 5.74) is 4.40. The summed E-state index contributed by atoms with van der Waals surface area (Å²) in [5, 5.41) is 3.22. The van der Waals surface area contributed by atoms with Crippen LogP contribution in [0.1, 0.15) is 68.6 Å². The van der Waals surface area contributed by atoms with E-state index < -0.39 is 0 Å². The molecule has 1 aromatic heterocycles. The third-order valence-corrected chi connectivity index (χ3v) is 8.75. The maximum Gasteiger partial charge on any atom is 0.253 e. The lowest BCUT2D eigenvalue weighted by atomic mass is 9.49. The normalized spacial score (nSPS) is 24.0. The summed E-state index contributed by atoms with van der Waals surface area (Å²) in [6.45, 7) is 6.21. The smallest absolute Gasteiger partial charge is 0.253 e. The van der Waals surface area contributed by atoms with Crippen molar-refractivity contribution in [1.82, 2.24) is 5.32 Å². The predicted molar refractivity (Wildman–Crippen MR) is 130 cm³/mol. The maximum absolute atomic E-state index is 13.5. The Bertz CT molecular complexity index is 1170. The lowest BCUT2D eigenvalue weighted by Gasteiger charge is -2.58. The Kier molecular flexibility index (Phi) is 5.29. The van der Waals surface area contributed by atoms with Crippen molar-refractivity contribution in [3.05, 3.63) is 81.0 Å². The van der Waals surface area contributed by atoms with Crippen molar-refractivity contribution in [2.45, 2.75) is 52.5 Å². The predicted octanol–water partition coefficient (Wildman–Crippen LogP) is 6.57. The van der Waals surface area contributed by atoms with Crippen LogP contribution in [0.3, 0.4) is 0 Å². The van der Waals surface area contributed by atoms with Crippen LogP contribution in [0.4, 0.5) is 0 Å². The number of hydrogen-bond donors (Lipinski definition) is 1. The topological polar surface area (TPSA) is 46.2 Å². The molecular weight excluding hydrogens is 414 g/mol. The SMILES string of the molecule is Cc1sc(C)c(C(=O)c2ccc(-c3ccccc3)cc2)c1C(=O)NC1CC2(CCC2C)C1. The van der Waals surface area contributed by atoms with E-state index in [1.807, 2.05) is 56.3 Å². The average Bonchev–Trinajstić information content (AvgIpc) is 3.08. The summed E-state index contributed by atoms with van der Waals surface area (Å²) in [7, 11) is 0. The number of ketones is 1. The van der Waals surface area contributed by atoms with Crippen molar-refractivity contribution in [3.8, 4) is 11.1 Å². The first-order valence-electron chi connectivity index (χ1n) is 11.5. The largest absolute Gasteiger partial charge is 0.349 e. The first kappa shape index (κ1) is 21.1. The number of benzene rings is 2. The molecule has 0 aliphatic heterocycles. The summed E-state index contributed by atoms with van der Waals surface area (Å²) in [6, 6.07) is 18.0. The number of nitrogens with one attached hydrogen (secondary N) is 1. The second-order valence-corrected chi connectivity index (χ2v) is 11.0. The van der Waals surface area contributed by atoms with Gasteiger partial charge in [0.05, 0.1) is 5.56 Å². The third kappa shape index (κ3) is 3.51. The number of aryl methyl sites for hydroxylation is 2. The van der Waals surface area contributed by atoms with Crippen molar-refractivity contribution in [2.24, 2.45) is 11.3 Å². The quantitative estimate of drug-likeness (QED) is 0.453. The second-order valence-electron chi connectivity index (χ2n) is 9.62. The molecule has 5 rings (SSSR count). The van der Waals surface area contributed by atoms with Crippen molar-refractivity contribution >= 4 is 23.0 Å². The van der Waals surface area contributed by atoms with E-state index in [1.165, 1.54) is 24.2 Å². The molecule has 1 spiro atoms. The molecular formula is C28H29NO2S. The van der Waals surface area contributed by atoms with Gasteiger partial charge in [-0.05, 0) is 62.0 Å². The summed E-state index contributed by atoms with van der Waals surface area (Å²) in [6.07, 6.45) is 4.75. The van der Waals surface area contributed by atoms with E-state index in [4.69, 9.17) is 0 Å². The monoisotopic (exact) mass is 443 g/mol. The summed E-state index contributed by atoms with van der Waals surface area (Å²) in [4.78, 5) is 28.5. The molecule has 1 atom stereocenters. The first-order chi connectivity index (χ1) is 15.4. The van der Waals surface area contributed by atoms with Gasteiger partial charge in [0.25, 0.3) is 5.91 Å². The standard InChI is InChI=1S/C28H29NO2S/c1-17-13-14-28(17)15-23(16-28)29-27(31)25-19(3)32-18(2)24(25)26(30)22-11-9-21(10-12-22)20-7-5-4-6-8-20/h4-12,17,23H,13-16H2,1-3H3,(H,29,31). The molecule has 3 nitrogen and oxygen atoms in total. The molecule has 3 aromatic rings. The molecule has 2 aromatic carbocycles. The highest BCUT2D eigenvalue weighted by molar-refractivity contribution is 7.12. The molecule has 2 aliphatic rings. The fourth-order valence-electron chi connectivity index (χ4n) is 5.55. The first-order valence-corrected chi connectivity index (χ1v) is 12.3. The van der Waals surface area contributed by atoms with Gasteiger partial charge in [-0.15, -0.1) is 11.3 Å². The van der Waals surface area contributed by atoms with Crippen LogP contribution in [-0.4, -0.2) is 17.7 Å². The molecule has 164 valence electrons. The van der Waals surface area contributed by atoms with E-state index in [9.17, 15) is 9.59 Å². The van der Waals surface area contributed by atoms with Crippen LogP contribution in [-0.2, 0) is 0 Å². The molecule has 1 amide bonds. The Labute approximate surface area is 193 Å². The van der Waals surface area contributed by atoms with Crippen LogP contribution in [0.25, 0.3) is 11.1 Å². The minimum Gasteiger partial charge on any atom is -0.349 e. The van der Waals surface area contributed by atoms with Crippen LogP contribution in [0.15, 0.2) is 54.6 Å². The Morgan fingerprint density at radius 3 is 2.12 bits per heavy atom. The van der Waals surface area contributed by atoms with E-state index in [0.29, 0.717) is 22.1 Å². The van der Waals surface area contributed by atoms with Gasteiger partial charge in [-0.1, -0.05) is 61.5 Å². The molecule has 2 fully saturated rings. The van der Waals surface area contributed by atoms with Gasteiger partial charge < -0.3 is 5.32 Å². The Balaban J connectivity index is 1.36. The zero-order valence-electron chi connectivity index (χ0n) is 18.9. The Morgan fingerprint density at radius 2 is 1.53 bits per heavy atom. The lowest BCUT2D eigenvalue weighted by Crippen LogP contribution is -2.57. The molecule has 2 aliphatic carbocycles. The maximum atomic E-state index is 13.5. The van der Waals surface area contributed by atoms with Gasteiger partial charge in [0.1, 0.15) is 0 Å². The molecule has 0 bridgehead atoms. The van der Waals surface area contributed by atoms with Crippen molar-refractivity contribution in [2.75, 3.05) is 0 Å². The highest BCUT2D eigenvalue weighted by Gasteiger charge is 2.53. The number of thiophene rings is 1. The van der Waals surface area contributed by atoms with Crippen LogP contribution >= 0.6 is 11.3 Å². The van der Waals surface area contributed by atoms with Gasteiger partial charge in [-0.2, -0.15) is 0 Å². The number of carbonyl (C=O) groups is 2. The van der Waals surface area contributed by atoms with Crippen LogP contribution in [0.2, 0.25) is 0 Å². The number of amides is 1. The molecule has 2 saturated carbocycles. The average molecular weight is 444 g/mol. The second kappa shape index (κ2) is 8.00. The molecule has 1 unspecified atom stereocenters. The Morgan fingerprint density at radius 1 is 0.906 bits per heavy atom. The van der Waals surface area contributed by atoms with Gasteiger partial charge in [-0.3, -0.25) is 9.59 Å². The minimum atomic E-state index is -0.0945. The van der Waals surface area contributed by atoms with E-state index in [2.05, 4.69) is 24.4 Å². The van der Waals surface area contributed by atoms with Crippen molar-refractivity contribution < 1.29 is 9.59 Å². The number of rotatable bonds is 5. The number of hydrogen-bond acceptors (Lipinski definition) is 3. The summed E-state index contributed by atoms with van der Waals surface area (Å²) >= 11 is 1.53. The molecule has 1 N–H and O–H groups in total. The van der Waals surface area contributed by atoms with Crippen LogP contribution in [0.5, 0.6) is 0 Å². The molecule has 4 heteroatoms. The van der Waals surface area contributed by atoms with Gasteiger partial charge in [0.15, 0.2) is 5.78 Å². The Hall–Kier alpha value is -2.72. The van der Waals surface area contributed by atoms with E-state index in [-0.39, 0.29) is 17.7 Å². The van der Waals surface area contributed by atoms with Crippen LogP contribution in [0, 0.1) is 25.2 Å². The lowest BCUT2D eigenvalue weighted by molar-refractivity contribution is -0.0599. The van der Waals surface area contributed by atoms with Crippen molar-refractivity contribution in [3.63, 3.8) is 0 Å². The van der Waals surface area contributed by atoms with Crippen LogP contribution < -0.4 is 5.32 Å². The summed E-state index contributed by atoms with van der Waals surface area (Å²) < 4.78 is 0. The molecule has 1 heterocycles. The fourth-order valence-corrected chi connectivity index (χ4v) is 6.60. The van der Waals surface area contributed by atoms with Gasteiger partial charge in [0, 0.05) is 26.9 Å². The number of carbonyl (C=O) groups excluding carboxylic acids is 2. The highest BCUT2D eigenvalue weighted by Crippen LogP contribution is 2.59. The molecule has 0 radical (unpaired) electrons. The van der Waals surface area contributed by atoms with Crippen molar-refractivity contribution in [1.29, 1.82) is 0 Å². The van der Waals surface area contributed by atoms with Gasteiger partial charge in [0.2, 0.25) is 0 Å². The van der Waals surface area contributed by atoms with Gasteiger partial charge >= 0.3 is 0 Å². The van der Waals surface area contributed by atoms with E-state index >= 15 is 0 Å². The van der Waals surface area contributed by atoms with Gasteiger partial charge in [-0.25, -0.2) is 0 Å². The highest BCUT2D eigenvalue weighted by atomic mass is 32.1. The zero-order valence-corrected chi connectivity index (χ0v) is 19.7. The fraction of sp³-hybridized carbons (Fsp3) is 0.357. The third-order valence-electron chi connectivity index (χ3n) is 7.73. The van der Waals surface area contributed by atoms with E-state index in [1.54, 1.807) is 0 Å². The zero-order chi connectivity index (χ0) is 22.5. The summed E-state index contributed by atoms with van der Waals surface area (Å²) in [5.74, 6) is 0.606. The molecule has 32 heavy (non-hydrogen) atoms. The molecule has 0 saturated heterocycles. The minimum absolute atomic E-state index is 0.0747. The van der Waals surface area contributed by atoms with E-state index in [0.717, 1.165) is 39.6 Å².